The molecule has 30 heavy (non-hydrogen) atoms. The average molecular weight is 437 g/mol. The summed E-state index contributed by atoms with van der Waals surface area (Å²) in [4.78, 5) is 8.53. The Morgan fingerprint density at radius 2 is 1.83 bits per heavy atom. The van der Waals surface area contributed by atoms with Crippen molar-refractivity contribution in [3.8, 4) is 23.0 Å². The van der Waals surface area contributed by atoms with Gasteiger partial charge in [-0.05, 0) is 37.1 Å². The van der Waals surface area contributed by atoms with Gasteiger partial charge in [-0.1, -0.05) is 6.92 Å². The average Bonchev–Trinajstić information content (AvgIpc) is 3.49. The first kappa shape index (κ1) is 20.5. The Labute approximate surface area is 170 Å². The van der Waals surface area contributed by atoms with Crippen LogP contribution in [-0.2, 0) is 23.1 Å². The second-order valence-electron chi connectivity index (χ2n) is 7.09. The Kier molecular flexibility index (Phi) is 4.88. The number of hydrogen-bond acceptors (Lipinski definition) is 6. The van der Waals surface area contributed by atoms with Gasteiger partial charge in [0.15, 0.2) is 21.5 Å². The Hall–Kier alpha value is -2.82. The van der Waals surface area contributed by atoms with Crippen molar-refractivity contribution in [2.45, 2.75) is 36.8 Å². The summed E-state index contributed by atoms with van der Waals surface area (Å²) in [5.41, 5.74) is 0.0285. The van der Waals surface area contributed by atoms with E-state index in [9.17, 15) is 21.6 Å². The Bertz CT molecular complexity index is 1220. The van der Waals surface area contributed by atoms with Crippen LogP contribution in [0.4, 0.5) is 13.2 Å². The Morgan fingerprint density at radius 3 is 2.47 bits per heavy atom. The molecule has 0 N–H and O–H groups in total. The van der Waals surface area contributed by atoms with E-state index in [1.54, 1.807) is 13.1 Å². The largest absolute Gasteiger partial charge is 0.416 e. The van der Waals surface area contributed by atoms with E-state index in [-0.39, 0.29) is 39.6 Å². The number of pyridine rings is 2. The molecule has 4 rings (SSSR count). The molecule has 0 bridgehead atoms. The van der Waals surface area contributed by atoms with Crippen LogP contribution in [0, 0.1) is 0 Å². The standard InChI is InChI=1S/C19H18F3N5O2S/c1-3-30(28,29)15-7-6-13(11-4-5-11)24-16(15)18-26-25-17(27(18)2)14-10-12(8-9-23-14)19(20,21)22/h6-11H,3-5H2,1-2H3. The Balaban J connectivity index is 1.86. The van der Waals surface area contributed by atoms with E-state index in [0.29, 0.717) is 0 Å². The second-order valence-corrected chi connectivity index (χ2v) is 9.34. The third-order valence-corrected chi connectivity index (χ3v) is 6.75. The van der Waals surface area contributed by atoms with E-state index in [0.717, 1.165) is 36.9 Å². The minimum atomic E-state index is -4.53. The van der Waals surface area contributed by atoms with E-state index in [1.807, 2.05) is 0 Å². The summed E-state index contributed by atoms with van der Waals surface area (Å²) in [6.07, 6.45) is -1.53. The molecule has 1 fully saturated rings. The molecule has 0 unspecified atom stereocenters. The van der Waals surface area contributed by atoms with Crippen LogP contribution in [0.2, 0.25) is 0 Å². The maximum absolute atomic E-state index is 13.1. The molecule has 7 nitrogen and oxygen atoms in total. The fraction of sp³-hybridized carbons (Fsp3) is 0.368. The number of nitrogens with zero attached hydrogens (tertiary/aromatic N) is 5. The van der Waals surface area contributed by atoms with Crippen LogP contribution in [0.15, 0.2) is 35.4 Å². The van der Waals surface area contributed by atoms with E-state index in [4.69, 9.17) is 0 Å². The minimum absolute atomic E-state index is 0.0217. The maximum atomic E-state index is 13.1. The lowest BCUT2D eigenvalue weighted by Crippen LogP contribution is -2.10. The smallest absolute Gasteiger partial charge is 0.307 e. The highest BCUT2D eigenvalue weighted by molar-refractivity contribution is 7.91. The van der Waals surface area contributed by atoms with E-state index < -0.39 is 21.6 Å². The van der Waals surface area contributed by atoms with Gasteiger partial charge in [0, 0.05) is 24.9 Å². The molecule has 0 spiro atoms. The molecule has 0 aliphatic heterocycles. The topological polar surface area (TPSA) is 90.6 Å². The van der Waals surface area contributed by atoms with Crippen LogP contribution < -0.4 is 0 Å². The van der Waals surface area contributed by atoms with E-state index >= 15 is 0 Å². The number of sulfone groups is 1. The molecule has 11 heteroatoms. The normalized spacial score (nSPS) is 14.8. The van der Waals surface area contributed by atoms with Gasteiger partial charge in [0.1, 0.15) is 11.4 Å². The predicted octanol–water partition coefficient (Wildman–Crippen LogP) is 3.63. The maximum Gasteiger partial charge on any atom is 0.416 e. The van der Waals surface area contributed by atoms with Crippen molar-refractivity contribution < 1.29 is 21.6 Å². The first-order valence-electron chi connectivity index (χ1n) is 9.29. The van der Waals surface area contributed by atoms with Gasteiger partial charge in [-0.2, -0.15) is 13.2 Å². The lowest BCUT2D eigenvalue weighted by Gasteiger charge is -2.11. The molecule has 158 valence electrons. The summed E-state index contributed by atoms with van der Waals surface area (Å²) in [7, 11) is -2.06. The molecular formula is C19H18F3N5O2S. The second kappa shape index (κ2) is 7.15. The third kappa shape index (κ3) is 3.69. The molecule has 1 aliphatic carbocycles. The van der Waals surface area contributed by atoms with Crippen LogP contribution in [0.1, 0.15) is 36.9 Å². The van der Waals surface area contributed by atoms with Crippen molar-refractivity contribution in [2.24, 2.45) is 7.05 Å². The molecule has 3 aromatic heterocycles. The van der Waals surface area contributed by atoms with Gasteiger partial charge < -0.3 is 4.57 Å². The quantitative estimate of drug-likeness (QED) is 0.606. The van der Waals surface area contributed by atoms with Gasteiger partial charge in [0.25, 0.3) is 0 Å². The van der Waals surface area contributed by atoms with Crippen molar-refractivity contribution in [3.63, 3.8) is 0 Å². The highest BCUT2D eigenvalue weighted by atomic mass is 32.2. The number of aromatic nitrogens is 5. The molecule has 0 amide bonds. The molecule has 0 radical (unpaired) electrons. The molecule has 3 aromatic rings. The molecular weight excluding hydrogens is 419 g/mol. The first-order chi connectivity index (χ1) is 14.1. The fourth-order valence-electron chi connectivity index (χ4n) is 3.12. The zero-order valence-electron chi connectivity index (χ0n) is 16.2. The van der Waals surface area contributed by atoms with Crippen LogP contribution in [-0.4, -0.2) is 38.9 Å². The van der Waals surface area contributed by atoms with Crippen molar-refractivity contribution in [3.05, 3.63) is 41.7 Å². The predicted molar refractivity (Wildman–Crippen MR) is 102 cm³/mol. The number of rotatable bonds is 5. The van der Waals surface area contributed by atoms with Crippen LogP contribution in [0.25, 0.3) is 23.0 Å². The molecule has 0 atom stereocenters. The molecule has 3 heterocycles. The van der Waals surface area contributed by atoms with Crippen LogP contribution in [0.5, 0.6) is 0 Å². The number of hydrogen-bond donors (Lipinski definition) is 0. The molecule has 1 aliphatic rings. The van der Waals surface area contributed by atoms with Crippen molar-refractivity contribution in [2.75, 3.05) is 5.75 Å². The summed E-state index contributed by atoms with van der Waals surface area (Å²) >= 11 is 0. The first-order valence-corrected chi connectivity index (χ1v) is 10.9. The Morgan fingerprint density at radius 1 is 1.13 bits per heavy atom. The van der Waals surface area contributed by atoms with Gasteiger partial charge in [-0.25, -0.2) is 13.4 Å². The highest BCUT2D eigenvalue weighted by Crippen LogP contribution is 2.40. The van der Waals surface area contributed by atoms with Crippen molar-refractivity contribution in [1.29, 1.82) is 0 Å². The summed E-state index contributed by atoms with van der Waals surface area (Å²) in [5, 5.41) is 8.02. The number of halogens is 3. The van der Waals surface area contributed by atoms with E-state index in [1.165, 1.54) is 17.6 Å². The molecule has 0 aromatic carbocycles. The number of alkyl halides is 3. The highest BCUT2D eigenvalue weighted by Gasteiger charge is 2.32. The summed E-state index contributed by atoms with van der Waals surface area (Å²) in [6, 6.07) is 4.97. The fourth-order valence-corrected chi connectivity index (χ4v) is 4.14. The van der Waals surface area contributed by atoms with Crippen LogP contribution >= 0.6 is 0 Å². The zero-order chi connectivity index (χ0) is 21.7. The van der Waals surface area contributed by atoms with Gasteiger partial charge in [0.2, 0.25) is 0 Å². The van der Waals surface area contributed by atoms with Gasteiger partial charge in [0.05, 0.1) is 16.2 Å². The van der Waals surface area contributed by atoms with Crippen molar-refractivity contribution >= 4 is 9.84 Å². The van der Waals surface area contributed by atoms with Crippen molar-refractivity contribution in [1.82, 2.24) is 24.7 Å². The van der Waals surface area contributed by atoms with Gasteiger partial charge in [-0.3, -0.25) is 4.98 Å². The lowest BCUT2D eigenvalue weighted by molar-refractivity contribution is -0.137. The van der Waals surface area contributed by atoms with E-state index in [2.05, 4.69) is 20.2 Å². The van der Waals surface area contributed by atoms with Gasteiger partial charge >= 0.3 is 6.18 Å². The lowest BCUT2D eigenvalue weighted by atomic mass is 10.2. The summed E-state index contributed by atoms with van der Waals surface area (Å²) in [6.45, 7) is 1.53. The summed E-state index contributed by atoms with van der Waals surface area (Å²) < 4.78 is 65.8. The third-order valence-electron chi connectivity index (χ3n) is 4.99. The SMILES string of the molecule is CCS(=O)(=O)c1ccc(C2CC2)nc1-c1nnc(-c2cc(C(F)(F)F)ccn2)n1C. The van der Waals surface area contributed by atoms with Gasteiger partial charge in [-0.15, -0.1) is 10.2 Å². The zero-order valence-corrected chi connectivity index (χ0v) is 17.0. The van der Waals surface area contributed by atoms with Crippen LogP contribution in [0.3, 0.4) is 0 Å². The minimum Gasteiger partial charge on any atom is -0.307 e. The summed E-state index contributed by atoms with van der Waals surface area (Å²) in [5.74, 6) is 0.387. The monoisotopic (exact) mass is 437 g/mol. The molecule has 0 saturated heterocycles. The molecule has 1 saturated carbocycles.